The van der Waals surface area contributed by atoms with Crippen LogP contribution in [-0.2, 0) is 17.9 Å². The monoisotopic (exact) mass is 496 g/mol. The number of nitrogens with zero attached hydrogens (tertiary/aromatic N) is 3. The van der Waals surface area contributed by atoms with Gasteiger partial charge in [-0.05, 0) is 48.2 Å². The van der Waals surface area contributed by atoms with Gasteiger partial charge in [-0.25, -0.2) is 4.98 Å². The molecule has 3 heterocycles. The largest absolute Gasteiger partial charge is 0.489 e. The number of H-pyrrole nitrogens is 1. The molecule has 7 nitrogen and oxygen atoms in total. The number of ether oxygens (including phenoxy) is 2. The van der Waals surface area contributed by atoms with Gasteiger partial charge >= 0.3 is 0 Å². The van der Waals surface area contributed by atoms with Crippen LogP contribution in [0.2, 0.25) is 5.02 Å². The van der Waals surface area contributed by atoms with Crippen LogP contribution in [0.4, 0.5) is 0 Å². The number of likely N-dealkylation sites (tertiary alicyclic amines) is 1. The van der Waals surface area contributed by atoms with Crippen molar-refractivity contribution in [1.82, 2.24) is 19.8 Å². The summed E-state index contributed by atoms with van der Waals surface area (Å²) in [5.41, 5.74) is 4.22. The lowest BCUT2D eigenvalue weighted by Gasteiger charge is -2.28. The van der Waals surface area contributed by atoms with E-state index < -0.39 is 0 Å². The molecule has 0 unspecified atom stereocenters. The number of nitrogens with one attached hydrogen (secondary N) is 1. The van der Waals surface area contributed by atoms with Crippen molar-refractivity contribution in [2.24, 2.45) is 11.8 Å². The van der Waals surface area contributed by atoms with Gasteiger partial charge in [-0.15, -0.1) is 0 Å². The number of amides is 1. The predicted molar refractivity (Wildman–Crippen MR) is 137 cm³/mol. The Kier molecular flexibility index (Phi) is 7.16. The Morgan fingerprint density at radius 1 is 1.29 bits per heavy atom. The van der Waals surface area contributed by atoms with Gasteiger partial charge in [-0.3, -0.25) is 9.69 Å². The summed E-state index contributed by atoms with van der Waals surface area (Å²) in [6.45, 7) is 9.17. The lowest BCUT2D eigenvalue weighted by molar-refractivity contribution is -0.136. The molecule has 1 aromatic heterocycles. The molecule has 0 bridgehead atoms. The topological polar surface area (TPSA) is 70.7 Å². The molecule has 5 rings (SSSR count). The van der Waals surface area contributed by atoms with Crippen molar-refractivity contribution in [3.05, 3.63) is 52.8 Å². The van der Waals surface area contributed by atoms with E-state index in [1.807, 2.05) is 23.1 Å². The Balaban J connectivity index is 1.28. The first-order valence-electron chi connectivity index (χ1n) is 12.5. The summed E-state index contributed by atoms with van der Waals surface area (Å²) in [5, 5.41) is 0.538. The van der Waals surface area contributed by atoms with E-state index in [0.29, 0.717) is 48.7 Å². The first kappa shape index (κ1) is 23.9. The summed E-state index contributed by atoms with van der Waals surface area (Å²) in [5.74, 6) is 1.84. The smallest absolute Gasteiger partial charge is 0.227 e. The van der Waals surface area contributed by atoms with Crippen LogP contribution in [0.3, 0.4) is 0 Å². The Morgan fingerprint density at radius 3 is 3.00 bits per heavy atom. The standard InChI is InChI=1S/C27H33ClN4O3/c1-18(2)13-32(14-19-11-22(28)26-24(12-19)34-9-4-10-35-26)27(33)21-7-8-31(16-21)15-20-5-3-6-23-25(20)30-17-29-23/h3,5-6,11-12,17-18,21H,4,7-10,13-16H2,1-2H3,(H,29,30)/t21-/m1/s1. The molecule has 186 valence electrons. The third-order valence-electron chi connectivity index (χ3n) is 6.68. The number of halogens is 1. The van der Waals surface area contributed by atoms with E-state index in [4.69, 9.17) is 21.1 Å². The third-order valence-corrected chi connectivity index (χ3v) is 6.96. The van der Waals surface area contributed by atoms with Crippen molar-refractivity contribution in [2.75, 3.05) is 32.8 Å². The minimum atomic E-state index is -0.0111. The number of hydrogen-bond donors (Lipinski definition) is 1. The number of imidazole rings is 1. The molecule has 1 N–H and O–H groups in total. The van der Waals surface area contributed by atoms with Crippen molar-refractivity contribution in [3.8, 4) is 11.5 Å². The van der Waals surface area contributed by atoms with E-state index in [1.54, 1.807) is 6.33 Å². The van der Waals surface area contributed by atoms with Crippen LogP contribution in [-0.4, -0.2) is 58.5 Å². The van der Waals surface area contributed by atoms with Crippen LogP contribution in [0.25, 0.3) is 11.0 Å². The lowest BCUT2D eigenvalue weighted by atomic mass is 10.0. The van der Waals surface area contributed by atoms with E-state index in [1.165, 1.54) is 5.56 Å². The average molecular weight is 497 g/mol. The number of fused-ring (bicyclic) bond motifs is 2. The van der Waals surface area contributed by atoms with E-state index >= 15 is 0 Å². The van der Waals surface area contributed by atoms with Gasteiger partial charge < -0.3 is 19.4 Å². The molecule has 0 spiro atoms. The highest BCUT2D eigenvalue weighted by atomic mass is 35.5. The minimum absolute atomic E-state index is 0.0111. The maximum Gasteiger partial charge on any atom is 0.227 e. The van der Waals surface area contributed by atoms with E-state index in [-0.39, 0.29) is 11.8 Å². The van der Waals surface area contributed by atoms with Gasteiger partial charge in [0.1, 0.15) is 0 Å². The number of rotatable bonds is 7. The molecular formula is C27H33ClN4O3. The summed E-state index contributed by atoms with van der Waals surface area (Å²) in [6, 6.07) is 10.1. The molecule has 3 aromatic rings. The molecule has 0 aliphatic carbocycles. The van der Waals surface area contributed by atoms with Crippen LogP contribution < -0.4 is 9.47 Å². The summed E-state index contributed by atoms with van der Waals surface area (Å²) in [4.78, 5) is 25.7. The fourth-order valence-corrected chi connectivity index (χ4v) is 5.39. The van der Waals surface area contributed by atoms with E-state index in [2.05, 4.69) is 40.8 Å². The van der Waals surface area contributed by atoms with Crippen molar-refractivity contribution >= 4 is 28.5 Å². The quantitative estimate of drug-likeness (QED) is 0.504. The highest BCUT2D eigenvalue weighted by molar-refractivity contribution is 6.32. The second-order valence-electron chi connectivity index (χ2n) is 10.0. The van der Waals surface area contributed by atoms with Crippen LogP contribution in [0.1, 0.15) is 37.8 Å². The van der Waals surface area contributed by atoms with Crippen LogP contribution in [0.15, 0.2) is 36.7 Å². The molecule has 0 radical (unpaired) electrons. The van der Waals surface area contributed by atoms with Gasteiger partial charge in [0.2, 0.25) is 5.91 Å². The fourth-order valence-electron chi connectivity index (χ4n) is 5.10. The van der Waals surface area contributed by atoms with Gasteiger partial charge in [0.05, 0.1) is 41.5 Å². The Bertz CT molecular complexity index is 1190. The molecule has 2 aliphatic heterocycles. The molecule has 1 amide bonds. The van der Waals surface area contributed by atoms with Crippen LogP contribution in [0.5, 0.6) is 11.5 Å². The maximum absolute atomic E-state index is 13.7. The molecule has 35 heavy (non-hydrogen) atoms. The summed E-state index contributed by atoms with van der Waals surface area (Å²) < 4.78 is 11.6. The van der Waals surface area contributed by atoms with E-state index in [9.17, 15) is 4.79 Å². The van der Waals surface area contributed by atoms with Crippen molar-refractivity contribution < 1.29 is 14.3 Å². The first-order chi connectivity index (χ1) is 17.0. The van der Waals surface area contributed by atoms with Gasteiger partial charge in [0.25, 0.3) is 0 Å². The summed E-state index contributed by atoms with van der Waals surface area (Å²) >= 11 is 6.52. The Morgan fingerprint density at radius 2 is 2.14 bits per heavy atom. The summed E-state index contributed by atoms with van der Waals surface area (Å²) in [7, 11) is 0. The van der Waals surface area contributed by atoms with Gasteiger partial charge in [0, 0.05) is 32.6 Å². The van der Waals surface area contributed by atoms with Crippen molar-refractivity contribution in [1.29, 1.82) is 0 Å². The molecule has 1 atom stereocenters. The fraction of sp³-hybridized carbons (Fsp3) is 0.481. The van der Waals surface area contributed by atoms with Gasteiger partial charge in [0.15, 0.2) is 11.5 Å². The zero-order valence-electron chi connectivity index (χ0n) is 20.4. The normalized spacial score (nSPS) is 18.2. The molecule has 1 fully saturated rings. The first-order valence-corrected chi connectivity index (χ1v) is 12.9. The molecular weight excluding hydrogens is 464 g/mol. The summed E-state index contributed by atoms with van der Waals surface area (Å²) in [6.07, 6.45) is 3.43. The number of aromatic amines is 1. The molecule has 0 saturated carbocycles. The SMILES string of the molecule is CC(C)CN(Cc1cc(Cl)c2c(c1)OCCCO2)C(=O)[C@@H]1CCN(Cc2cccc3[nH]cnc23)C1. The predicted octanol–water partition coefficient (Wildman–Crippen LogP) is 4.88. The zero-order chi connectivity index (χ0) is 24.4. The second kappa shape index (κ2) is 10.5. The average Bonchev–Trinajstić information content (AvgIpc) is 3.43. The second-order valence-corrected chi connectivity index (χ2v) is 10.4. The minimum Gasteiger partial charge on any atom is -0.489 e. The highest BCUT2D eigenvalue weighted by Gasteiger charge is 2.32. The zero-order valence-corrected chi connectivity index (χ0v) is 21.2. The lowest BCUT2D eigenvalue weighted by Crippen LogP contribution is -2.39. The van der Waals surface area contributed by atoms with Gasteiger partial charge in [-0.2, -0.15) is 0 Å². The number of benzene rings is 2. The van der Waals surface area contributed by atoms with Crippen LogP contribution in [0, 0.1) is 11.8 Å². The molecule has 2 aliphatic rings. The third kappa shape index (κ3) is 5.41. The number of para-hydroxylation sites is 1. The highest BCUT2D eigenvalue weighted by Crippen LogP contribution is 2.38. The molecule has 8 heteroatoms. The van der Waals surface area contributed by atoms with E-state index in [0.717, 1.165) is 49.1 Å². The number of aromatic nitrogens is 2. The van der Waals surface area contributed by atoms with Crippen molar-refractivity contribution in [3.63, 3.8) is 0 Å². The number of carbonyl (C=O) groups is 1. The van der Waals surface area contributed by atoms with Crippen LogP contribution >= 0.6 is 11.6 Å². The Hall–Kier alpha value is -2.77. The van der Waals surface area contributed by atoms with Crippen molar-refractivity contribution in [2.45, 2.75) is 39.8 Å². The molecule has 2 aromatic carbocycles. The Labute approximate surface area is 211 Å². The maximum atomic E-state index is 13.7. The number of carbonyl (C=O) groups excluding carboxylic acids is 1. The van der Waals surface area contributed by atoms with Gasteiger partial charge in [-0.1, -0.05) is 37.6 Å². The number of hydrogen-bond acceptors (Lipinski definition) is 5. The molecule has 1 saturated heterocycles.